The fourth-order valence-electron chi connectivity index (χ4n) is 5.56. The van der Waals surface area contributed by atoms with Gasteiger partial charge in [0.05, 0.1) is 12.2 Å². The third-order valence-electron chi connectivity index (χ3n) is 7.05. The van der Waals surface area contributed by atoms with E-state index in [4.69, 9.17) is 4.74 Å². The van der Waals surface area contributed by atoms with E-state index in [0.717, 1.165) is 56.1 Å². The first-order chi connectivity index (χ1) is 15.7. The number of nitrogens with one attached hydrogen (secondary N) is 1. The Morgan fingerprint density at radius 1 is 1.24 bits per heavy atom. The molecule has 0 aromatic heterocycles. The van der Waals surface area contributed by atoms with Gasteiger partial charge in [0, 0.05) is 5.56 Å². The van der Waals surface area contributed by atoms with Crippen LogP contribution in [0.3, 0.4) is 0 Å². The number of halogens is 3. The average molecular weight is 472 g/mol. The number of carbonyl (C=O) groups excluding carboxylic acids is 1. The molecule has 0 saturated heterocycles. The van der Waals surface area contributed by atoms with Crippen LogP contribution >= 0.6 is 0 Å². The van der Waals surface area contributed by atoms with Crippen molar-refractivity contribution in [2.75, 3.05) is 13.2 Å². The molecule has 2 aliphatic rings. The molecule has 1 aromatic rings. The number of unbranched alkanes of at least 4 members (excludes halogenated alkanes) is 2. The molecule has 5 nitrogen and oxygen atoms in total. The predicted molar refractivity (Wildman–Crippen MR) is 119 cm³/mol. The monoisotopic (exact) mass is 471 g/mol. The molecule has 0 bridgehead atoms. The minimum atomic E-state index is -4.47. The van der Waals surface area contributed by atoms with Crippen molar-refractivity contribution in [3.63, 3.8) is 0 Å². The van der Waals surface area contributed by atoms with Crippen LogP contribution in [-0.4, -0.2) is 47.7 Å². The van der Waals surface area contributed by atoms with Gasteiger partial charge in [0.25, 0.3) is 5.91 Å². The molecule has 1 fully saturated rings. The van der Waals surface area contributed by atoms with Gasteiger partial charge in [0.15, 0.2) is 6.61 Å². The van der Waals surface area contributed by atoms with E-state index in [1.807, 2.05) is 17.4 Å². The summed E-state index contributed by atoms with van der Waals surface area (Å²) in [4.78, 5) is 11.9. The molecule has 0 radical (unpaired) electrons. The third-order valence-corrected chi connectivity index (χ3v) is 7.05. The second-order valence-electron chi connectivity index (χ2n) is 9.60. The van der Waals surface area contributed by atoms with E-state index in [1.54, 1.807) is 6.07 Å². The van der Waals surface area contributed by atoms with E-state index in [2.05, 4.69) is 6.92 Å². The normalized spacial score (nSPS) is 25.3. The molecule has 186 valence electrons. The van der Waals surface area contributed by atoms with Crippen LogP contribution in [0.5, 0.6) is 5.75 Å². The summed E-state index contributed by atoms with van der Waals surface area (Å²) in [5.41, 5.74) is 2.08. The molecule has 1 amide bonds. The van der Waals surface area contributed by atoms with Crippen molar-refractivity contribution in [1.82, 2.24) is 5.32 Å². The zero-order chi connectivity index (χ0) is 24.0. The number of aliphatic hydroxyl groups is 2. The number of hydrogen-bond donors (Lipinski definition) is 3. The van der Waals surface area contributed by atoms with Gasteiger partial charge < -0.3 is 20.3 Å². The molecule has 1 saturated carbocycles. The Morgan fingerprint density at radius 2 is 2.03 bits per heavy atom. The van der Waals surface area contributed by atoms with Crippen LogP contribution in [0.15, 0.2) is 18.2 Å². The standard InChI is InChI=1S/C25H36F3NO4/c1-2-3-4-7-18(30)9-10-20-21-13-19(31)12-17(21)11-16-6-5-8-22(24(16)20)33-14-23(32)29-15-25(26,27)28/h5-6,8,17-21,30-31H,2-4,7,9-15H2,1H3,(H,29,32). The van der Waals surface area contributed by atoms with E-state index in [1.165, 1.54) is 0 Å². The topological polar surface area (TPSA) is 78.8 Å². The van der Waals surface area contributed by atoms with E-state index in [-0.39, 0.29) is 24.0 Å². The number of fused-ring (bicyclic) bond motifs is 2. The van der Waals surface area contributed by atoms with Crippen LogP contribution in [0.25, 0.3) is 0 Å². The van der Waals surface area contributed by atoms with E-state index in [0.29, 0.717) is 24.5 Å². The lowest BCUT2D eigenvalue weighted by molar-refractivity contribution is -0.139. The predicted octanol–water partition coefficient (Wildman–Crippen LogP) is 4.49. The van der Waals surface area contributed by atoms with Crippen molar-refractivity contribution in [3.05, 3.63) is 29.3 Å². The number of alkyl halides is 3. The maximum atomic E-state index is 12.4. The lowest BCUT2D eigenvalue weighted by Gasteiger charge is -2.37. The summed E-state index contributed by atoms with van der Waals surface area (Å²) in [6.07, 6.45) is 2.40. The summed E-state index contributed by atoms with van der Waals surface area (Å²) in [7, 11) is 0. The van der Waals surface area contributed by atoms with Crippen molar-refractivity contribution in [1.29, 1.82) is 0 Å². The van der Waals surface area contributed by atoms with Crippen LogP contribution < -0.4 is 10.1 Å². The molecule has 5 unspecified atom stereocenters. The van der Waals surface area contributed by atoms with Crippen LogP contribution in [0.1, 0.15) is 75.3 Å². The summed E-state index contributed by atoms with van der Waals surface area (Å²) < 4.78 is 42.8. The van der Waals surface area contributed by atoms with Crippen molar-refractivity contribution in [3.8, 4) is 5.75 Å². The Balaban J connectivity index is 1.72. The van der Waals surface area contributed by atoms with Crippen molar-refractivity contribution in [2.24, 2.45) is 11.8 Å². The third kappa shape index (κ3) is 7.34. The summed E-state index contributed by atoms with van der Waals surface area (Å²) in [5.74, 6) is 0.392. The lowest BCUT2D eigenvalue weighted by atomic mass is 9.68. The molecule has 5 atom stereocenters. The Morgan fingerprint density at radius 3 is 2.76 bits per heavy atom. The Kier molecular flexibility index (Phi) is 9.04. The molecule has 0 spiro atoms. The Hall–Kier alpha value is -1.80. The maximum absolute atomic E-state index is 12.4. The Labute approximate surface area is 193 Å². The number of benzene rings is 1. The molecule has 1 aromatic carbocycles. The Bertz CT molecular complexity index is 785. The number of aliphatic hydroxyl groups excluding tert-OH is 2. The number of amides is 1. The maximum Gasteiger partial charge on any atom is 0.405 e. The average Bonchev–Trinajstić information content (AvgIpc) is 3.13. The highest BCUT2D eigenvalue weighted by molar-refractivity contribution is 5.77. The first-order valence-electron chi connectivity index (χ1n) is 12.1. The zero-order valence-corrected chi connectivity index (χ0v) is 19.2. The van der Waals surface area contributed by atoms with Crippen molar-refractivity contribution >= 4 is 5.91 Å². The molecule has 33 heavy (non-hydrogen) atoms. The lowest BCUT2D eigenvalue weighted by Crippen LogP contribution is -2.36. The first-order valence-corrected chi connectivity index (χ1v) is 12.1. The van der Waals surface area contributed by atoms with Crippen molar-refractivity contribution in [2.45, 2.75) is 89.0 Å². The minimum absolute atomic E-state index is 0.0751. The summed E-state index contributed by atoms with van der Waals surface area (Å²) >= 11 is 0. The van der Waals surface area contributed by atoms with Crippen LogP contribution in [0, 0.1) is 11.8 Å². The van der Waals surface area contributed by atoms with Gasteiger partial charge in [-0.1, -0.05) is 38.3 Å². The second kappa shape index (κ2) is 11.6. The highest BCUT2D eigenvalue weighted by Gasteiger charge is 2.44. The quantitative estimate of drug-likeness (QED) is 0.416. The first kappa shape index (κ1) is 25.8. The highest BCUT2D eigenvalue weighted by Crippen LogP contribution is 2.52. The van der Waals surface area contributed by atoms with E-state index < -0.39 is 25.2 Å². The largest absolute Gasteiger partial charge is 0.483 e. The number of rotatable bonds is 11. The highest BCUT2D eigenvalue weighted by atomic mass is 19.4. The minimum Gasteiger partial charge on any atom is -0.483 e. The number of hydrogen-bond acceptors (Lipinski definition) is 4. The van der Waals surface area contributed by atoms with Gasteiger partial charge in [-0.2, -0.15) is 13.2 Å². The number of carbonyl (C=O) groups is 1. The molecule has 2 aliphatic carbocycles. The van der Waals surface area contributed by atoms with Crippen LogP contribution in [0.4, 0.5) is 13.2 Å². The van der Waals surface area contributed by atoms with E-state index >= 15 is 0 Å². The second-order valence-corrected chi connectivity index (χ2v) is 9.60. The van der Waals surface area contributed by atoms with Gasteiger partial charge in [0.2, 0.25) is 0 Å². The molecular formula is C25H36F3NO4. The van der Waals surface area contributed by atoms with Gasteiger partial charge in [-0.3, -0.25) is 4.79 Å². The van der Waals surface area contributed by atoms with Crippen LogP contribution in [0.2, 0.25) is 0 Å². The molecule has 0 heterocycles. The van der Waals surface area contributed by atoms with Crippen molar-refractivity contribution < 1.29 is 32.9 Å². The van der Waals surface area contributed by atoms with Gasteiger partial charge >= 0.3 is 6.18 Å². The van der Waals surface area contributed by atoms with Crippen LogP contribution in [-0.2, 0) is 11.2 Å². The van der Waals surface area contributed by atoms with Gasteiger partial charge in [-0.05, 0) is 67.9 Å². The fourth-order valence-corrected chi connectivity index (χ4v) is 5.56. The van der Waals surface area contributed by atoms with E-state index in [9.17, 15) is 28.2 Å². The molecular weight excluding hydrogens is 435 g/mol. The van der Waals surface area contributed by atoms with Gasteiger partial charge in [-0.15, -0.1) is 0 Å². The smallest absolute Gasteiger partial charge is 0.405 e. The number of ether oxygens (including phenoxy) is 1. The zero-order valence-electron chi connectivity index (χ0n) is 19.2. The summed E-state index contributed by atoms with van der Waals surface area (Å²) in [6, 6.07) is 5.62. The fraction of sp³-hybridized carbons (Fsp3) is 0.720. The molecule has 3 rings (SSSR count). The summed E-state index contributed by atoms with van der Waals surface area (Å²) in [6.45, 7) is 0.250. The SMILES string of the molecule is CCCCCC(O)CCC1c2c(cccc2OCC(=O)NCC(F)(F)F)CC2CC(O)CC21. The molecule has 8 heteroatoms. The molecule has 0 aliphatic heterocycles. The summed E-state index contributed by atoms with van der Waals surface area (Å²) in [5, 5.41) is 22.7. The van der Waals surface area contributed by atoms with Gasteiger partial charge in [0.1, 0.15) is 12.3 Å². The van der Waals surface area contributed by atoms with Gasteiger partial charge in [-0.25, -0.2) is 0 Å². The molecule has 3 N–H and O–H groups in total.